The summed E-state index contributed by atoms with van der Waals surface area (Å²) in [5, 5.41) is 0. The van der Waals surface area contributed by atoms with E-state index in [0.717, 1.165) is 0 Å². The van der Waals surface area contributed by atoms with Gasteiger partial charge in [-0.1, -0.05) is 0 Å². The van der Waals surface area contributed by atoms with Crippen LogP contribution in [-0.4, -0.2) is 24.5 Å². The van der Waals surface area contributed by atoms with E-state index in [1.807, 2.05) is 6.92 Å². The summed E-state index contributed by atoms with van der Waals surface area (Å²) in [6, 6.07) is -0.415. The molecule has 0 heterocycles. The Morgan fingerprint density at radius 2 is 2.10 bits per heavy atom. The Bertz CT molecular complexity index is 112. The van der Waals surface area contributed by atoms with Crippen LogP contribution in [0.3, 0.4) is 0 Å². The lowest BCUT2D eigenvalue weighted by Crippen LogP contribution is -2.36. The van der Waals surface area contributed by atoms with E-state index in [-0.39, 0.29) is 11.9 Å². The third kappa shape index (κ3) is 2.94. The Morgan fingerprint density at radius 1 is 1.60 bits per heavy atom. The topological polar surface area (TPSA) is 52.3 Å². The molecule has 3 heteroatoms. The lowest BCUT2D eigenvalue weighted by atomic mass is 10.1. The maximum absolute atomic E-state index is 11.0. The predicted octanol–water partition coefficient (Wildman–Crippen LogP) is 0.328. The van der Waals surface area contributed by atoms with E-state index in [1.165, 1.54) is 0 Å². The van der Waals surface area contributed by atoms with Gasteiger partial charge in [-0.05, 0) is 20.8 Å². The molecule has 0 spiro atoms. The van der Waals surface area contributed by atoms with Gasteiger partial charge < -0.3 is 10.5 Å². The van der Waals surface area contributed by atoms with Crippen LogP contribution < -0.4 is 5.73 Å². The molecule has 0 amide bonds. The molecular weight excluding hydrogens is 130 g/mol. The average Bonchev–Trinajstić information content (AvgIpc) is 1.87. The summed E-state index contributed by atoms with van der Waals surface area (Å²) in [5.74, 6) is -0.0400. The second kappa shape index (κ2) is 4.41. The second-order valence-electron chi connectivity index (χ2n) is 2.29. The van der Waals surface area contributed by atoms with Gasteiger partial charge >= 0.3 is 0 Å². The normalized spacial score (nSPS) is 16.4. The van der Waals surface area contributed by atoms with Crippen LogP contribution in [0.1, 0.15) is 20.8 Å². The van der Waals surface area contributed by atoms with Crippen molar-refractivity contribution in [2.45, 2.75) is 32.9 Å². The number of hydrogen-bond donors (Lipinski definition) is 1. The Hall–Kier alpha value is -0.410. The third-order valence-corrected chi connectivity index (χ3v) is 1.27. The smallest absolute Gasteiger partial charge is 0.177 e. The van der Waals surface area contributed by atoms with Crippen LogP contribution in [0, 0.1) is 0 Å². The number of rotatable bonds is 4. The first-order valence-electron chi connectivity index (χ1n) is 3.50. The molecule has 0 saturated heterocycles. The van der Waals surface area contributed by atoms with Crippen LogP contribution in [0.2, 0.25) is 0 Å². The minimum atomic E-state index is -0.415. The van der Waals surface area contributed by atoms with Crippen LogP contribution in [0.5, 0.6) is 0 Å². The zero-order valence-electron chi connectivity index (χ0n) is 6.76. The van der Waals surface area contributed by atoms with Crippen molar-refractivity contribution in [1.29, 1.82) is 0 Å². The second-order valence-corrected chi connectivity index (χ2v) is 2.29. The molecular formula is C7H15NO2. The van der Waals surface area contributed by atoms with Crippen molar-refractivity contribution in [1.82, 2.24) is 0 Å². The summed E-state index contributed by atoms with van der Waals surface area (Å²) in [6.45, 7) is 5.79. The van der Waals surface area contributed by atoms with E-state index in [4.69, 9.17) is 10.5 Å². The van der Waals surface area contributed by atoms with Crippen LogP contribution in [0.4, 0.5) is 0 Å². The van der Waals surface area contributed by atoms with Crippen molar-refractivity contribution in [3.8, 4) is 0 Å². The Morgan fingerprint density at radius 3 is 2.40 bits per heavy atom. The van der Waals surface area contributed by atoms with Gasteiger partial charge in [-0.2, -0.15) is 0 Å². The molecule has 0 bridgehead atoms. The highest BCUT2D eigenvalue weighted by Crippen LogP contribution is 1.94. The Balaban J connectivity index is 3.71. The minimum absolute atomic E-state index is 0.0400. The van der Waals surface area contributed by atoms with Crippen LogP contribution >= 0.6 is 0 Å². The van der Waals surface area contributed by atoms with E-state index in [9.17, 15) is 4.79 Å². The summed E-state index contributed by atoms with van der Waals surface area (Å²) in [7, 11) is 0. The largest absolute Gasteiger partial charge is 0.371 e. The van der Waals surface area contributed by atoms with Gasteiger partial charge in [0.2, 0.25) is 0 Å². The van der Waals surface area contributed by atoms with E-state index in [1.54, 1.807) is 13.8 Å². The number of carbonyl (C=O) groups is 1. The minimum Gasteiger partial charge on any atom is -0.371 e. The lowest BCUT2D eigenvalue weighted by molar-refractivity contribution is -0.130. The summed E-state index contributed by atoms with van der Waals surface area (Å²) in [6.07, 6.45) is -0.356. The first-order chi connectivity index (χ1) is 4.59. The molecule has 60 valence electrons. The lowest BCUT2D eigenvalue weighted by Gasteiger charge is -2.11. The van der Waals surface area contributed by atoms with Gasteiger partial charge in [0.15, 0.2) is 5.78 Å². The van der Waals surface area contributed by atoms with Crippen molar-refractivity contribution >= 4 is 5.78 Å². The SMILES string of the molecule is CCOC(C)C(=O)C(C)N. The van der Waals surface area contributed by atoms with Crippen molar-refractivity contribution in [3.05, 3.63) is 0 Å². The van der Waals surface area contributed by atoms with E-state index < -0.39 is 6.04 Å². The monoisotopic (exact) mass is 145 g/mol. The van der Waals surface area contributed by atoms with Gasteiger partial charge in [0.05, 0.1) is 6.04 Å². The summed E-state index contributed by atoms with van der Waals surface area (Å²) >= 11 is 0. The van der Waals surface area contributed by atoms with Gasteiger partial charge in [0, 0.05) is 6.61 Å². The fourth-order valence-electron chi connectivity index (χ4n) is 0.702. The molecule has 0 aliphatic heterocycles. The molecule has 0 rings (SSSR count). The van der Waals surface area contributed by atoms with E-state index in [0.29, 0.717) is 6.61 Å². The fraction of sp³-hybridized carbons (Fsp3) is 0.857. The molecule has 2 atom stereocenters. The number of nitrogens with two attached hydrogens (primary N) is 1. The van der Waals surface area contributed by atoms with Gasteiger partial charge in [-0.15, -0.1) is 0 Å². The number of carbonyl (C=O) groups excluding carboxylic acids is 1. The highest BCUT2D eigenvalue weighted by atomic mass is 16.5. The molecule has 2 unspecified atom stereocenters. The van der Waals surface area contributed by atoms with Gasteiger partial charge in [0.1, 0.15) is 6.10 Å². The van der Waals surface area contributed by atoms with E-state index >= 15 is 0 Å². The summed E-state index contributed by atoms with van der Waals surface area (Å²) in [5.41, 5.74) is 5.34. The molecule has 0 fully saturated rings. The van der Waals surface area contributed by atoms with Crippen LogP contribution in [0.25, 0.3) is 0 Å². The van der Waals surface area contributed by atoms with Crippen molar-refractivity contribution in [2.75, 3.05) is 6.61 Å². The first-order valence-corrected chi connectivity index (χ1v) is 3.50. The molecule has 0 radical (unpaired) electrons. The average molecular weight is 145 g/mol. The zero-order valence-corrected chi connectivity index (χ0v) is 6.76. The summed E-state index contributed by atoms with van der Waals surface area (Å²) in [4.78, 5) is 11.0. The third-order valence-electron chi connectivity index (χ3n) is 1.27. The van der Waals surface area contributed by atoms with Crippen LogP contribution in [-0.2, 0) is 9.53 Å². The quantitative estimate of drug-likeness (QED) is 0.620. The number of hydrogen-bond acceptors (Lipinski definition) is 3. The van der Waals surface area contributed by atoms with Gasteiger partial charge in [-0.25, -0.2) is 0 Å². The molecule has 0 saturated carbocycles. The summed E-state index contributed by atoms with van der Waals surface area (Å²) < 4.78 is 5.04. The Labute approximate surface area is 61.5 Å². The Kier molecular flexibility index (Phi) is 4.23. The van der Waals surface area contributed by atoms with Gasteiger partial charge in [-0.3, -0.25) is 4.79 Å². The molecule has 10 heavy (non-hydrogen) atoms. The van der Waals surface area contributed by atoms with Crippen molar-refractivity contribution in [2.24, 2.45) is 5.73 Å². The number of ketones is 1. The predicted molar refractivity (Wildman–Crippen MR) is 39.7 cm³/mol. The molecule has 0 aromatic carbocycles. The van der Waals surface area contributed by atoms with Crippen LogP contribution in [0.15, 0.2) is 0 Å². The zero-order chi connectivity index (χ0) is 8.15. The molecule has 0 aromatic rings. The molecule has 3 nitrogen and oxygen atoms in total. The molecule has 0 aromatic heterocycles. The standard InChI is InChI=1S/C7H15NO2/c1-4-10-6(3)7(9)5(2)8/h5-6H,4,8H2,1-3H3. The number of ether oxygens (including phenoxy) is 1. The highest BCUT2D eigenvalue weighted by Gasteiger charge is 2.15. The molecule has 0 aliphatic carbocycles. The fourth-order valence-corrected chi connectivity index (χ4v) is 0.702. The van der Waals surface area contributed by atoms with Gasteiger partial charge in [0.25, 0.3) is 0 Å². The van der Waals surface area contributed by atoms with Crippen molar-refractivity contribution in [3.63, 3.8) is 0 Å². The molecule has 2 N–H and O–H groups in total. The van der Waals surface area contributed by atoms with E-state index in [2.05, 4.69) is 0 Å². The maximum atomic E-state index is 11.0. The maximum Gasteiger partial charge on any atom is 0.177 e. The highest BCUT2D eigenvalue weighted by molar-refractivity contribution is 5.87. The van der Waals surface area contributed by atoms with Crippen molar-refractivity contribution < 1.29 is 9.53 Å². The number of Topliss-reactive ketones (excluding diaryl/α,β-unsaturated/α-hetero) is 1. The molecule has 0 aliphatic rings. The first kappa shape index (κ1) is 9.59.